The number of hydrogen-bond acceptors (Lipinski definition) is 3. The summed E-state index contributed by atoms with van der Waals surface area (Å²) in [6, 6.07) is 8.31. The second-order valence-corrected chi connectivity index (χ2v) is 4.26. The Morgan fingerprint density at radius 2 is 2.00 bits per heavy atom. The highest BCUT2D eigenvalue weighted by Gasteiger charge is 2.20. The minimum Gasteiger partial charge on any atom is -0.450 e. The van der Waals surface area contributed by atoms with Crippen LogP contribution in [0.4, 0.5) is 10.1 Å². The Labute approximate surface area is 113 Å². The van der Waals surface area contributed by atoms with Crippen LogP contribution in [0.25, 0.3) is 0 Å². The van der Waals surface area contributed by atoms with Crippen LogP contribution in [0.15, 0.2) is 36.4 Å². The van der Waals surface area contributed by atoms with Gasteiger partial charge in [0, 0.05) is 6.07 Å². The van der Waals surface area contributed by atoms with Crippen LogP contribution in [0, 0.1) is 22.9 Å². The topological polar surface area (TPSA) is 52.4 Å². The molecule has 0 amide bonds. The minimum absolute atomic E-state index is 0.0220. The van der Waals surface area contributed by atoms with Gasteiger partial charge < -0.3 is 4.74 Å². The van der Waals surface area contributed by atoms with E-state index in [4.69, 9.17) is 16.3 Å². The molecule has 19 heavy (non-hydrogen) atoms. The fourth-order valence-electron chi connectivity index (χ4n) is 1.56. The number of para-hydroxylation sites is 1. The van der Waals surface area contributed by atoms with E-state index in [0.717, 1.165) is 0 Å². The summed E-state index contributed by atoms with van der Waals surface area (Å²) in [6.07, 6.45) is 0. The first-order valence-electron chi connectivity index (χ1n) is 5.36. The predicted octanol–water partition coefficient (Wildman–Crippen LogP) is 4.49. The Bertz CT molecular complexity index is 646. The normalized spacial score (nSPS) is 10.3. The maximum atomic E-state index is 13.1. The zero-order valence-electron chi connectivity index (χ0n) is 9.89. The summed E-state index contributed by atoms with van der Waals surface area (Å²) < 4.78 is 18.5. The van der Waals surface area contributed by atoms with Crippen molar-refractivity contribution in [2.24, 2.45) is 0 Å². The van der Waals surface area contributed by atoms with Gasteiger partial charge in [-0.1, -0.05) is 23.7 Å². The van der Waals surface area contributed by atoms with E-state index in [1.54, 1.807) is 6.92 Å². The summed E-state index contributed by atoms with van der Waals surface area (Å²) in [6.45, 7) is 1.71. The van der Waals surface area contributed by atoms with Gasteiger partial charge in [0.25, 0.3) is 0 Å². The van der Waals surface area contributed by atoms with Crippen molar-refractivity contribution in [1.82, 2.24) is 0 Å². The predicted molar refractivity (Wildman–Crippen MR) is 69.3 cm³/mol. The molecule has 0 saturated heterocycles. The molecule has 0 spiro atoms. The van der Waals surface area contributed by atoms with Crippen molar-refractivity contribution in [2.45, 2.75) is 6.92 Å². The van der Waals surface area contributed by atoms with Crippen molar-refractivity contribution in [3.8, 4) is 11.5 Å². The standard InChI is InChI=1S/C13H9ClFNO3/c1-8-5-6-9(15)7-12(8)19-11-4-2-3-10(14)13(11)16(17)18/h2-7H,1H3. The Morgan fingerprint density at radius 1 is 1.26 bits per heavy atom. The highest BCUT2D eigenvalue weighted by atomic mass is 35.5. The average molecular weight is 282 g/mol. The van der Waals surface area contributed by atoms with Gasteiger partial charge in [0.05, 0.1) is 4.92 Å². The maximum Gasteiger partial charge on any atom is 0.329 e. The molecule has 0 N–H and O–H groups in total. The average Bonchev–Trinajstić information content (AvgIpc) is 2.33. The van der Waals surface area contributed by atoms with Crippen molar-refractivity contribution < 1.29 is 14.1 Å². The van der Waals surface area contributed by atoms with E-state index in [9.17, 15) is 14.5 Å². The number of nitro benzene ring substituents is 1. The van der Waals surface area contributed by atoms with Crippen molar-refractivity contribution in [3.63, 3.8) is 0 Å². The lowest BCUT2D eigenvalue weighted by Gasteiger charge is -2.09. The third-order valence-electron chi connectivity index (χ3n) is 2.50. The number of ether oxygens (including phenoxy) is 1. The SMILES string of the molecule is Cc1ccc(F)cc1Oc1cccc(Cl)c1[N+](=O)[O-]. The van der Waals surface area contributed by atoms with Crippen LogP contribution in [0.3, 0.4) is 0 Å². The van der Waals surface area contributed by atoms with Crippen molar-refractivity contribution in [3.05, 3.63) is 62.9 Å². The summed E-state index contributed by atoms with van der Waals surface area (Å²) in [4.78, 5) is 10.3. The Hall–Kier alpha value is -2.14. The number of benzene rings is 2. The first kappa shape index (κ1) is 13.3. The largest absolute Gasteiger partial charge is 0.450 e. The number of nitro groups is 1. The summed E-state index contributed by atoms with van der Waals surface area (Å²) >= 11 is 5.77. The van der Waals surface area contributed by atoms with Gasteiger partial charge >= 0.3 is 5.69 Å². The lowest BCUT2D eigenvalue weighted by atomic mass is 10.2. The molecule has 98 valence electrons. The number of halogens is 2. The van der Waals surface area contributed by atoms with Gasteiger partial charge in [0.2, 0.25) is 5.75 Å². The lowest BCUT2D eigenvalue weighted by Crippen LogP contribution is -1.95. The zero-order chi connectivity index (χ0) is 14.0. The molecule has 6 heteroatoms. The van der Waals surface area contributed by atoms with Gasteiger partial charge in [0.15, 0.2) is 0 Å². The van der Waals surface area contributed by atoms with E-state index in [-0.39, 0.29) is 22.2 Å². The van der Waals surface area contributed by atoms with E-state index in [2.05, 4.69) is 0 Å². The quantitative estimate of drug-likeness (QED) is 0.615. The van der Waals surface area contributed by atoms with Crippen LogP contribution in [0.1, 0.15) is 5.56 Å². The monoisotopic (exact) mass is 281 g/mol. The van der Waals surface area contributed by atoms with E-state index < -0.39 is 10.7 Å². The molecule has 0 atom stereocenters. The van der Waals surface area contributed by atoms with Crippen molar-refractivity contribution >= 4 is 17.3 Å². The van der Waals surface area contributed by atoms with Gasteiger partial charge in [-0.2, -0.15) is 0 Å². The highest BCUT2D eigenvalue weighted by molar-refractivity contribution is 6.32. The van der Waals surface area contributed by atoms with Gasteiger partial charge in [-0.25, -0.2) is 4.39 Å². The van der Waals surface area contributed by atoms with Gasteiger partial charge in [-0.3, -0.25) is 10.1 Å². The molecule has 0 saturated carbocycles. The summed E-state index contributed by atoms with van der Waals surface area (Å²) in [5.41, 5.74) is 0.323. The van der Waals surface area contributed by atoms with Crippen LogP contribution >= 0.6 is 11.6 Å². The Balaban J connectivity index is 2.46. The fourth-order valence-corrected chi connectivity index (χ4v) is 1.79. The number of nitrogens with zero attached hydrogens (tertiary/aromatic N) is 1. The summed E-state index contributed by atoms with van der Waals surface area (Å²) in [7, 11) is 0. The number of aryl methyl sites for hydroxylation is 1. The summed E-state index contributed by atoms with van der Waals surface area (Å²) in [5.74, 6) is -0.290. The number of rotatable bonds is 3. The minimum atomic E-state index is -0.633. The van der Waals surface area contributed by atoms with Crippen LogP contribution in [-0.2, 0) is 0 Å². The van der Waals surface area contributed by atoms with E-state index in [1.165, 1.54) is 36.4 Å². The fraction of sp³-hybridized carbons (Fsp3) is 0.0769. The van der Waals surface area contributed by atoms with E-state index in [1.807, 2.05) is 0 Å². The molecular weight excluding hydrogens is 273 g/mol. The first-order chi connectivity index (χ1) is 8.99. The Morgan fingerprint density at radius 3 is 2.68 bits per heavy atom. The maximum absolute atomic E-state index is 13.1. The summed E-state index contributed by atoms with van der Waals surface area (Å²) in [5, 5.41) is 10.9. The Kier molecular flexibility index (Phi) is 3.66. The molecule has 0 aliphatic rings. The molecule has 2 aromatic rings. The lowest BCUT2D eigenvalue weighted by molar-refractivity contribution is -0.385. The second-order valence-electron chi connectivity index (χ2n) is 3.86. The molecule has 0 heterocycles. The van der Waals surface area contributed by atoms with Gasteiger partial charge in [0.1, 0.15) is 16.6 Å². The molecule has 0 aliphatic heterocycles. The zero-order valence-corrected chi connectivity index (χ0v) is 10.6. The number of hydrogen-bond donors (Lipinski definition) is 0. The van der Waals surface area contributed by atoms with Gasteiger partial charge in [-0.15, -0.1) is 0 Å². The molecule has 2 aromatic carbocycles. The van der Waals surface area contributed by atoms with Crippen LogP contribution in [0.2, 0.25) is 5.02 Å². The molecule has 4 nitrogen and oxygen atoms in total. The molecule has 0 bridgehead atoms. The van der Waals surface area contributed by atoms with Crippen molar-refractivity contribution in [2.75, 3.05) is 0 Å². The third-order valence-corrected chi connectivity index (χ3v) is 2.81. The molecule has 0 aliphatic carbocycles. The van der Waals surface area contributed by atoms with Gasteiger partial charge in [-0.05, 0) is 30.7 Å². The molecule has 2 rings (SSSR count). The van der Waals surface area contributed by atoms with Crippen LogP contribution in [0.5, 0.6) is 11.5 Å². The van der Waals surface area contributed by atoms with E-state index in [0.29, 0.717) is 5.56 Å². The van der Waals surface area contributed by atoms with Crippen LogP contribution in [-0.4, -0.2) is 4.92 Å². The third kappa shape index (κ3) is 2.82. The first-order valence-corrected chi connectivity index (χ1v) is 5.73. The molecule has 0 radical (unpaired) electrons. The molecular formula is C13H9ClFNO3. The molecule has 0 aromatic heterocycles. The van der Waals surface area contributed by atoms with E-state index >= 15 is 0 Å². The van der Waals surface area contributed by atoms with Crippen molar-refractivity contribution in [1.29, 1.82) is 0 Å². The molecule has 0 unspecified atom stereocenters. The van der Waals surface area contributed by atoms with Crippen LogP contribution < -0.4 is 4.74 Å². The molecule has 0 fully saturated rings. The smallest absolute Gasteiger partial charge is 0.329 e. The second kappa shape index (κ2) is 5.24. The highest BCUT2D eigenvalue weighted by Crippen LogP contribution is 2.37.